The molecule has 0 saturated carbocycles. The van der Waals surface area contributed by atoms with Crippen molar-refractivity contribution in [2.24, 2.45) is 0 Å². The number of hydrogen-bond acceptors (Lipinski definition) is 1. The maximum absolute atomic E-state index is 13.1. The van der Waals surface area contributed by atoms with Crippen LogP contribution in [0.4, 0.5) is 13.2 Å². The second kappa shape index (κ2) is 5.36. The van der Waals surface area contributed by atoms with Crippen molar-refractivity contribution in [2.45, 2.75) is 25.6 Å². The maximum Gasteiger partial charge on any atom is 0.416 e. The fraction of sp³-hybridized carbons (Fsp3) is 0.250. The lowest BCUT2D eigenvalue weighted by Crippen LogP contribution is -2.06. The molecule has 1 aliphatic rings. The third kappa shape index (κ3) is 2.77. The molecule has 0 aromatic heterocycles. The summed E-state index contributed by atoms with van der Waals surface area (Å²) in [4.78, 5) is 0. The van der Waals surface area contributed by atoms with E-state index in [4.69, 9.17) is 27.9 Å². The molecule has 0 amide bonds. The Morgan fingerprint density at radius 1 is 1.09 bits per heavy atom. The van der Waals surface area contributed by atoms with Crippen LogP contribution in [0.15, 0.2) is 30.3 Å². The number of ether oxygens (including phenoxy) is 1. The van der Waals surface area contributed by atoms with E-state index < -0.39 is 11.7 Å². The van der Waals surface area contributed by atoms with Crippen molar-refractivity contribution in [3.05, 3.63) is 51.5 Å². The summed E-state index contributed by atoms with van der Waals surface area (Å²) >= 11 is 12.1. The van der Waals surface area contributed by atoms with Crippen LogP contribution in [0.1, 0.15) is 18.1 Å². The SMILES string of the molecule is CC1Cc2cc(C(F)(F)F)cc(-c3cc(Cl)ccc3Cl)c2O1. The largest absolute Gasteiger partial charge is 0.489 e. The molecule has 0 fully saturated rings. The lowest BCUT2D eigenvalue weighted by molar-refractivity contribution is -0.137. The number of alkyl halides is 3. The third-order valence-corrected chi connectivity index (χ3v) is 4.10. The van der Waals surface area contributed by atoms with E-state index in [-0.39, 0.29) is 6.10 Å². The monoisotopic (exact) mass is 346 g/mol. The Labute approximate surface area is 135 Å². The van der Waals surface area contributed by atoms with Crippen molar-refractivity contribution in [3.63, 3.8) is 0 Å². The van der Waals surface area contributed by atoms with Gasteiger partial charge in [-0.2, -0.15) is 13.2 Å². The standard InChI is InChI=1S/C16H11Cl2F3O/c1-8-4-9-5-10(16(19,20)21)6-13(15(9)22-8)12-7-11(17)2-3-14(12)18/h2-3,5-8H,4H2,1H3. The topological polar surface area (TPSA) is 9.23 Å². The van der Waals surface area contributed by atoms with Gasteiger partial charge in [0.2, 0.25) is 0 Å². The van der Waals surface area contributed by atoms with Gasteiger partial charge >= 0.3 is 6.18 Å². The molecule has 2 aromatic carbocycles. The second-order valence-electron chi connectivity index (χ2n) is 5.27. The Kier molecular flexibility index (Phi) is 3.77. The van der Waals surface area contributed by atoms with Gasteiger partial charge in [0.25, 0.3) is 0 Å². The number of hydrogen-bond donors (Lipinski definition) is 0. The van der Waals surface area contributed by atoms with E-state index in [9.17, 15) is 13.2 Å². The van der Waals surface area contributed by atoms with Crippen molar-refractivity contribution in [2.75, 3.05) is 0 Å². The van der Waals surface area contributed by atoms with Crippen LogP contribution in [0.2, 0.25) is 10.0 Å². The predicted molar refractivity (Wildman–Crippen MR) is 80.7 cm³/mol. The van der Waals surface area contributed by atoms with E-state index in [1.165, 1.54) is 0 Å². The summed E-state index contributed by atoms with van der Waals surface area (Å²) in [5, 5.41) is 0.727. The fourth-order valence-corrected chi connectivity index (χ4v) is 2.99. The summed E-state index contributed by atoms with van der Waals surface area (Å²) in [6, 6.07) is 6.90. The summed E-state index contributed by atoms with van der Waals surface area (Å²) in [6.45, 7) is 1.82. The van der Waals surface area contributed by atoms with Crippen LogP contribution < -0.4 is 4.74 Å². The molecule has 22 heavy (non-hydrogen) atoms. The van der Waals surface area contributed by atoms with Crippen molar-refractivity contribution >= 4 is 23.2 Å². The van der Waals surface area contributed by atoms with Gasteiger partial charge in [0, 0.05) is 27.6 Å². The highest BCUT2D eigenvalue weighted by atomic mass is 35.5. The number of benzene rings is 2. The molecule has 0 bridgehead atoms. The van der Waals surface area contributed by atoms with Gasteiger partial charge in [0.05, 0.1) is 5.56 Å². The van der Waals surface area contributed by atoms with Gasteiger partial charge in [0.15, 0.2) is 0 Å². The summed E-state index contributed by atoms with van der Waals surface area (Å²) < 4.78 is 45.1. The van der Waals surface area contributed by atoms with Gasteiger partial charge in [-0.05, 0) is 42.8 Å². The van der Waals surface area contributed by atoms with Crippen LogP contribution in [0.3, 0.4) is 0 Å². The minimum absolute atomic E-state index is 0.171. The first-order valence-corrected chi connectivity index (χ1v) is 7.37. The van der Waals surface area contributed by atoms with Crippen molar-refractivity contribution < 1.29 is 17.9 Å². The molecule has 2 aromatic rings. The Morgan fingerprint density at radius 2 is 1.82 bits per heavy atom. The smallest absolute Gasteiger partial charge is 0.416 e. The molecule has 116 valence electrons. The lowest BCUT2D eigenvalue weighted by atomic mass is 9.97. The highest BCUT2D eigenvalue weighted by Gasteiger charge is 2.35. The zero-order chi connectivity index (χ0) is 16.1. The first kappa shape index (κ1) is 15.5. The van der Waals surface area contributed by atoms with Crippen molar-refractivity contribution in [3.8, 4) is 16.9 Å². The Morgan fingerprint density at radius 3 is 2.50 bits per heavy atom. The third-order valence-electron chi connectivity index (χ3n) is 3.54. The van der Waals surface area contributed by atoms with Crippen molar-refractivity contribution in [1.29, 1.82) is 0 Å². The van der Waals surface area contributed by atoms with Crippen LogP contribution >= 0.6 is 23.2 Å². The zero-order valence-corrected chi connectivity index (χ0v) is 13.0. The highest BCUT2D eigenvalue weighted by molar-refractivity contribution is 6.35. The van der Waals surface area contributed by atoms with Gasteiger partial charge in [-0.3, -0.25) is 0 Å². The maximum atomic E-state index is 13.1. The lowest BCUT2D eigenvalue weighted by Gasteiger charge is -2.15. The molecular formula is C16H11Cl2F3O. The van der Waals surface area contributed by atoms with Crippen LogP contribution in [0.5, 0.6) is 5.75 Å². The Bertz CT molecular complexity index is 741. The highest BCUT2D eigenvalue weighted by Crippen LogP contribution is 2.45. The number of halogens is 5. The van der Waals surface area contributed by atoms with E-state index in [1.807, 2.05) is 6.92 Å². The molecule has 6 heteroatoms. The zero-order valence-electron chi connectivity index (χ0n) is 11.5. The molecular weight excluding hydrogens is 336 g/mol. The van der Waals surface area contributed by atoms with Crippen LogP contribution in [0, 0.1) is 0 Å². The van der Waals surface area contributed by atoms with Gasteiger partial charge in [-0.1, -0.05) is 23.2 Å². The molecule has 0 saturated heterocycles. The van der Waals surface area contributed by atoms with E-state index in [0.29, 0.717) is 38.9 Å². The van der Waals surface area contributed by atoms with Gasteiger partial charge in [0.1, 0.15) is 11.9 Å². The molecule has 1 aliphatic heterocycles. The second-order valence-corrected chi connectivity index (χ2v) is 6.11. The average molecular weight is 347 g/mol. The molecule has 1 heterocycles. The van der Waals surface area contributed by atoms with E-state index in [2.05, 4.69) is 0 Å². The van der Waals surface area contributed by atoms with E-state index >= 15 is 0 Å². The molecule has 0 N–H and O–H groups in total. The van der Waals surface area contributed by atoms with Crippen LogP contribution in [0.25, 0.3) is 11.1 Å². The summed E-state index contributed by atoms with van der Waals surface area (Å²) in [6.07, 6.45) is -4.17. The first-order chi connectivity index (χ1) is 10.3. The average Bonchev–Trinajstić information content (AvgIpc) is 2.79. The molecule has 0 aliphatic carbocycles. The minimum atomic E-state index is -4.43. The number of rotatable bonds is 1. The quantitative estimate of drug-likeness (QED) is 0.615. The Balaban J connectivity index is 2.26. The first-order valence-electron chi connectivity index (χ1n) is 6.62. The minimum Gasteiger partial charge on any atom is -0.489 e. The fourth-order valence-electron chi connectivity index (χ4n) is 2.60. The summed E-state index contributed by atoms with van der Waals surface area (Å²) in [5.74, 6) is 0.449. The molecule has 0 spiro atoms. The van der Waals surface area contributed by atoms with E-state index in [1.54, 1.807) is 18.2 Å². The van der Waals surface area contributed by atoms with Gasteiger partial charge in [-0.15, -0.1) is 0 Å². The number of fused-ring (bicyclic) bond motifs is 1. The predicted octanol–water partition coefficient (Wildman–Crippen LogP) is 6.00. The summed E-state index contributed by atoms with van der Waals surface area (Å²) in [5.41, 5.74) is 0.579. The van der Waals surface area contributed by atoms with Gasteiger partial charge < -0.3 is 4.74 Å². The molecule has 3 rings (SSSR count). The van der Waals surface area contributed by atoms with E-state index in [0.717, 1.165) is 12.1 Å². The molecule has 1 unspecified atom stereocenters. The Hall–Kier alpha value is -1.39. The molecule has 0 radical (unpaired) electrons. The normalized spacial score (nSPS) is 17.3. The summed E-state index contributed by atoms with van der Waals surface area (Å²) in [7, 11) is 0. The molecule has 1 nitrogen and oxygen atoms in total. The van der Waals surface area contributed by atoms with Crippen molar-refractivity contribution in [1.82, 2.24) is 0 Å². The van der Waals surface area contributed by atoms with Gasteiger partial charge in [-0.25, -0.2) is 0 Å². The van der Waals surface area contributed by atoms with Crippen LogP contribution in [-0.2, 0) is 12.6 Å². The van der Waals surface area contributed by atoms with Crippen LogP contribution in [-0.4, -0.2) is 6.10 Å². The molecule has 1 atom stereocenters.